The molecule has 0 aromatic carbocycles. The van der Waals surface area contributed by atoms with E-state index >= 15 is 0 Å². The summed E-state index contributed by atoms with van der Waals surface area (Å²) in [6.45, 7) is 14.3. The van der Waals surface area contributed by atoms with Crippen LogP contribution in [0.15, 0.2) is 0 Å². The Labute approximate surface area is 127 Å². The zero-order chi connectivity index (χ0) is 15.3. The minimum absolute atomic E-state index is 0.129. The van der Waals surface area contributed by atoms with Crippen LogP contribution in [0.5, 0.6) is 0 Å². The van der Waals surface area contributed by atoms with Crippen LogP contribution in [0.4, 0.5) is 0 Å². The van der Waals surface area contributed by atoms with Crippen LogP contribution in [-0.4, -0.2) is 23.2 Å². The van der Waals surface area contributed by atoms with Crippen LogP contribution in [0.3, 0.4) is 0 Å². The number of hydrogen-bond donors (Lipinski definition) is 2. The maximum absolute atomic E-state index is 9.01. The van der Waals surface area contributed by atoms with E-state index in [0.29, 0.717) is 18.6 Å². The maximum atomic E-state index is 9.01. The third-order valence-corrected chi connectivity index (χ3v) is 5.27. The number of rotatable bonds is 7. The van der Waals surface area contributed by atoms with Crippen LogP contribution in [0.1, 0.15) is 69.1 Å². The minimum Gasteiger partial charge on any atom is -0.396 e. The Balaban J connectivity index is 2.51. The predicted octanol–water partition coefficient (Wildman–Crippen LogP) is 3.81. The molecule has 20 heavy (non-hydrogen) atoms. The van der Waals surface area contributed by atoms with Gasteiger partial charge < -0.3 is 10.4 Å². The molecule has 2 atom stereocenters. The molecule has 0 aliphatic carbocycles. The molecular formula is C16H30N2OS. The van der Waals surface area contributed by atoms with E-state index in [-0.39, 0.29) is 5.41 Å². The first-order valence-corrected chi connectivity index (χ1v) is 8.39. The summed E-state index contributed by atoms with van der Waals surface area (Å²) in [4.78, 5) is 6.07. The summed E-state index contributed by atoms with van der Waals surface area (Å²) in [6.07, 6.45) is 2.18. The highest BCUT2D eigenvalue weighted by molar-refractivity contribution is 7.12. The van der Waals surface area contributed by atoms with E-state index in [1.54, 1.807) is 0 Å². The molecule has 0 saturated carbocycles. The molecule has 0 amide bonds. The molecule has 4 heteroatoms. The second kappa shape index (κ2) is 7.53. The molecule has 1 aromatic heterocycles. The zero-order valence-electron chi connectivity index (χ0n) is 13.8. The van der Waals surface area contributed by atoms with Crippen LogP contribution in [0.25, 0.3) is 0 Å². The summed E-state index contributed by atoms with van der Waals surface area (Å²) in [5, 5.41) is 13.8. The molecule has 0 bridgehead atoms. The van der Waals surface area contributed by atoms with E-state index in [9.17, 15) is 0 Å². The monoisotopic (exact) mass is 298 g/mol. The first kappa shape index (κ1) is 17.6. The van der Waals surface area contributed by atoms with Gasteiger partial charge in [0.15, 0.2) is 0 Å². The Morgan fingerprint density at radius 1 is 1.30 bits per heavy atom. The number of aliphatic hydroxyl groups excluding tert-OH is 1. The van der Waals surface area contributed by atoms with E-state index in [1.165, 1.54) is 9.88 Å². The normalized spacial score (nSPS) is 15.3. The van der Waals surface area contributed by atoms with Crippen LogP contribution >= 0.6 is 11.3 Å². The smallest absolute Gasteiger partial charge is 0.0985 e. The van der Waals surface area contributed by atoms with Crippen LogP contribution < -0.4 is 5.32 Å². The van der Waals surface area contributed by atoms with Crippen molar-refractivity contribution in [2.75, 3.05) is 13.2 Å². The van der Waals surface area contributed by atoms with Crippen molar-refractivity contribution in [3.05, 3.63) is 15.6 Å². The molecule has 116 valence electrons. The van der Waals surface area contributed by atoms with Crippen LogP contribution in [-0.2, 0) is 5.41 Å². The Kier molecular flexibility index (Phi) is 6.62. The SMILES string of the molecule is Cc1nc(C(C)(C)C)sc1C(C)NCCCC(C)CO. The van der Waals surface area contributed by atoms with Gasteiger partial charge in [0.2, 0.25) is 0 Å². The first-order valence-electron chi connectivity index (χ1n) is 7.57. The Morgan fingerprint density at radius 3 is 2.45 bits per heavy atom. The van der Waals surface area contributed by atoms with Gasteiger partial charge in [-0.25, -0.2) is 4.98 Å². The van der Waals surface area contributed by atoms with Crippen molar-refractivity contribution in [3.63, 3.8) is 0 Å². The van der Waals surface area contributed by atoms with Gasteiger partial charge >= 0.3 is 0 Å². The quantitative estimate of drug-likeness (QED) is 0.752. The van der Waals surface area contributed by atoms with Crippen molar-refractivity contribution >= 4 is 11.3 Å². The number of nitrogens with zero attached hydrogens (tertiary/aromatic N) is 1. The van der Waals surface area contributed by atoms with Crippen molar-refractivity contribution in [1.82, 2.24) is 10.3 Å². The topological polar surface area (TPSA) is 45.2 Å². The molecule has 0 spiro atoms. The van der Waals surface area contributed by atoms with Crippen molar-refractivity contribution in [3.8, 4) is 0 Å². The molecule has 1 aromatic rings. The Hall–Kier alpha value is -0.450. The largest absolute Gasteiger partial charge is 0.396 e. The number of aromatic nitrogens is 1. The van der Waals surface area contributed by atoms with E-state index in [0.717, 1.165) is 25.1 Å². The van der Waals surface area contributed by atoms with E-state index in [4.69, 9.17) is 10.1 Å². The van der Waals surface area contributed by atoms with Gasteiger partial charge in [-0.05, 0) is 39.2 Å². The molecule has 2 unspecified atom stereocenters. The van der Waals surface area contributed by atoms with Gasteiger partial charge in [0, 0.05) is 22.9 Å². The number of aliphatic hydroxyl groups is 1. The van der Waals surface area contributed by atoms with Gasteiger partial charge in [-0.15, -0.1) is 11.3 Å². The fraction of sp³-hybridized carbons (Fsp3) is 0.812. The van der Waals surface area contributed by atoms with Crippen LogP contribution in [0.2, 0.25) is 0 Å². The Bertz CT molecular complexity index is 409. The summed E-state index contributed by atoms with van der Waals surface area (Å²) in [5.41, 5.74) is 1.29. The molecule has 3 nitrogen and oxygen atoms in total. The average Bonchev–Trinajstić information content (AvgIpc) is 2.76. The molecule has 0 saturated heterocycles. The van der Waals surface area contributed by atoms with E-state index in [2.05, 4.69) is 46.9 Å². The lowest BCUT2D eigenvalue weighted by molar-refractivity contribution is 0.227. The van der Waals surface area contributed by atoms with Gasteiger partial charge in [0.05, 0.1) is 10.7 Å². The minimum atomic E-state index is 0.129. The predicted molar refractivity (Wildman–Crippen MR) is 87.5 cm³/mol. The highest BCUT2D eigenvalue weighted by Crippen LogP contribution is 2.32. The average molecular weight is 298 g/mol. The number of aryl methyl sites for hydroxylation is 1. The van der Waals surface area contributed by atoms with E-state index < -0.39 is 0 Å². The third kappa shape index (κ3) is 5.15. The van der Waals surface area contributed by atoms with Crippen molar-refractivity contribution in [1.29, 1.82) is 0 Å². The van der Waals surface area contributed by atoms with Gasteiger partial charge in [0.25, 0.3) is 0 Å². The molecule has 0 aliphatic rings. The molecule has 1 rings (SSSR count). The number of nitrogens with one attached hydrogen (secondary N) is 1. The second-order valence-corrected chi connectivity index (χ2v) is 7.86. The molecule has 0 radical (unpaired) electrons. The molecule has 2 N–H and O–H groups in total. The third-order valence-electron chi connectivity index (χ3n) is 3.50. The lowest BCUT2D eigenvalue weighted by Gasteiger charge is -2.15. The van der Waals surface area contributed by atoms with E-state index in [1.807, 2.05) is 11.3 Å². The summed E-state index contributed by atoms with van der Waals surface area (Å²) in [5.74, 6) is 0.407. The Morgan fingerprint density at radius 2 is 1.95 bits per heavy atom. The second-order valence-electron chi connectivity index (χ2n) is 6.82. The fourth-order valence-corrected chi connectivity index (χ4v) is 3.23. The van der Waals surface area contributed by atoms with Gasteiger partial charge in [0.1, 0.15) is 0 Å². The zero-order valence-corrected chi connectivity index (χ0v) is 14.6. The van der Waals surface area contributed by atoms with Crippen molar-refractivity contribution in [2.45, 2.75) is 65.8 Å². The lowest BCUT2D eigenvalue weighted by atomic mass is 9.98. The molecule has 0 fully saturated rings. The summed E-state index contributed by atoms with van der Waals surface area (Å²) in [6, 6.07) is 0.355. The number of thiazole rings is 1. The standard InChI is InChI=1S/C16H30N2OS/c1-11(10-19)8-7-9-17-12(2)14-13(3)18-15(20-14)16(4,5)6/h11-12,17,19H,7-10H2,1-6H3. The summed E-state index contributed by atoms with van der Waals surface area (Å²) >= 11 is 1.83. The van der Waals surface area contributed by atoms with Gasteiger partial charge in [-0.1, -0.05) is 27.7 Å². The highest BCUT2D eigenvalue weighted by Gasteiger charge is 2.22. The molecule has 1 heterocycles. The first-order chi connectivity index (χ1) is 9.25. The van der Waals surface area contributed by atoms with Crippen molar-refractivity contribution in [2.24, 2.45) is 5.92 Å². The fourth-order valence-electron chi connectivity index (χ4n) is 2.08. The maximum Gasteiger partial charge on any atom is 0.0985 e. The van der Waals surface area contributed by atoms with Gasteiger partial charge in [-0.3, -0.25) is 0 Å². The lowest BCUT2D eigenvalue weighted by Crippen LogP contribution is -2.20. The van der Waals surface area contributed by atoms with Crippen molar-refractivity contribution < 1.29 is 5.11 Å². The highest BCUT2D eigenvalue weighted by atomic mass is 32.1. The van der Waals surface area contributed by atoms with Gasteiger partial charge in [-0.2, -0.15) is 0 Å². The molecular weight excluding hydrogens is 268 g/mol. The molecule has 0 aliphatic heterocycles. The summed E-state index contributed by atoms with van der Waals surface area (Å²) < 4.78 is 0. The van der Waals surface area contributed by atoms with Crippen LogP contribution in [0, 0.1) is 12.8 Å². The number of hydrogen-bond acceptors (Lipinski definition) is 4. The summed E-state index contributed by atoms with van der Waals surface area (Å²) in [7, 11) is 0.